The number of hydrogen-bond acceptors (Lipinski definition) is 4. The van der Waals surface area contributed by atoms with E-state index in [1.165, 1.54) is 58.9 Å². The number of nitrogens with zero attached hydrogens (tertiary/aromatic N) is 2. The third-order valence-corrected chi connectivity index (χ3v) is 8.15. The lowest BCUT2D eigenvalue weighted by molar-refractivity contribution is 0.102. The van der Waals surface area contributed by atoms with Crippen molar-refractivity contribution in [3.63, 3.8) is 0 Å². The standard InChI is InChI=1S/C24H22FN3O4S/c25-19-6-4-17(5-7-19)24(30)26-20-8-10-21(11-9-20)33(31,32)27-13-16-12-18(15-27)22-2-1-3-23(29)28(22)14-16/h1-11,16,18H,12-15H2,(H,26,30)/t16-,18-/m0/s1. The van der Waals surface area contributed by atoms with Crippen molar-refractivity contribution < 1.29 is 17.6 Å². The maximum absolute atomic E-state index is 13.3. The SMILES string of the molecule is O=C(Nc1ccc(S(=O)(=O)N2C[C@@H]3C[C@@H](C2)c2cccc(=O)n2C3)cc1)c1ccc(F)cc1. The van der Waals surface area contributed by atoms with E-state index in [-0.39, 0.29) is 22.3 Å². The Labute approximate surface area is 190 Å². The number of rotatable bonds is 4. The minimum absolute atomic E-state index is 0.0181. The Morgan fingerprint density at radius 2 is 1.67 bits per heavy atom. The van der Waals surface area contributed by atoms with Crippen LogP contribution < -0.4 is 10.9 Å². The second-order valence-electron chi connectivity index (χ2n) is 8.51. The van der Waals surface area contributed by atoms with E-state index in [1.807, 2.05) is 6.07 Å². The lowest BCUT2D eigenvalue weighted by Crippen LogP contribution is -2.48. The maximum Gasteiger partial charge on any atom is 0.255 e. The average Bonchev–Trinajstić information content (AvgIpc) is 2.80. The Hall–Kier alpha value is -3.30. The molecule has 3 aromatic rings. The van der Waals surface area contributed by atoms with Gasteiger partial charge in [-0.1, -0.05) is 6.07 Å². The number of anilines is 1. The van der Waals surface area contributed by atoms with Gasteiger partial charge in [-0.25, -0.2) is 12.8 Å². The van der Waals surface area contributed by atoms with E-state index in [0.717, 1.165) is 12.1 Å². The van der Waals surface area contributed by atoms with Crippen LogP contribution in [0.25, 0.3) is 0 Å². The number of pyridine rings is 1. The van der Waals surface area contributed by atoms with E-state index in [9.17, 15) is 22.4 Å². The second-order valence-corrected chi connectivity index (χ2v) is 10.4. The molecule has 3 heterocycles. The van der Waals surface area contributed by atoms with E-state index >= 15 is 0 Å². The van der Waals surface area contributed by atoms with E-state index in [4.69, 9.17) is 0 Å². The molecular weight excluding hydrogens is 445 g/mol. The van der Waals surface area contributed by atoms with Crippen LogP contribution in [-0.2, 0) is 16.6 Å². The smallest absolute Gasteiger partial charge is 0.255 e. The fourth-order valence-electron chi connectivity index (χ4n) is 4.71. The third-order valence-electron chi connectivity index (χ3n) is 6.30. The minimum Gasteiger partial charge on any atom is -0.322 e. The number of amides is 1. The predicted molar refractivity (Wildman–Crippen MR) is 121 cm³/mol. The molecule has 0 unspecified atom stereocenters. The summed E-state index contributed by atoms with van der Waals surface area (Å²) in [5, 5.41) is 2.68. The highest BCUT2D eigenvalue weighted by Gasteiger charge is 2.39. The molecule has 2 atom stereocenters. The Morgan fingerprint density at radius 1 is 0.939 bits per heavy atom. The van der Waals surface area contributed by atoms with Crippen LogP contribution in [0.2, 0.25) is 0 Å². The number of carbonyl (C=O) groups excluding carboxylic acids is 1. The fraction of sp³-hybridized carbons (Fsp3) is 0.250. The van der Waals surface area contributed by atoms with Crippen LogP contribution in [0, 0.1) is 11.7 Å². The van der Waals surface area contributed by atoms with Crippen LogP contribution >= 0.6 is 0 Å². The molecule has 0 radical (unpaired) electrons. The van der Waals surface area contributed by atoms with Crippen molar-refractivity contribution in [2.24, 2.45) is 5.92 Å². The van der Waals surface area contributed by atoms with Crippen molar-refractivity contribution in [3.05, 3.63) is 94.2 Å². The quantitative estimate of drug-likeness (QED) is 0.639. The van der Waals surface area contributed by atoms with Gasteiger partial charge in [-0.2, -0.15) is 4.31 Å². The number of hydrogen-bond donors (Lipinski definition) is 1. The lowest BCUT2D eigenvalue weighted by Gasteiger charge is -2.42. The Bertz CT molecular complexity index is 1370. The summed E-state index contributed by atoms with van der Waals surface area (Å²) in [5.74, 6) is -0.780. The first-order valence-corrected chi connectivity index (χ1v) is 12.1. The molecule has 1 amide bonds. The van der Waals surface area contributed by atoms with E-state index in [1.54, 1.807) is 10.6 Å². The molecule has 2 aromatic carbocycles. The molecule has 2 bridgehead atoms. The highest BCUT2D eigenvalue weighted by atomic mass is 32.2. The Balaban J connectivity index is 1.33. The van der Waals surface area contributed by atoms with E-state index in [0.29, 0.717) is 30.9 Å². The molecule has 170 valence electrons. The molecule has 1 aromatic heterocycles. The van der Waals surface area contributed by atoms with Gasteiger partial charge < -0.3 is 9.88 Å². The van der Waals surface area contributed by atoms with Crippen LogP contribution in [0.3, 0.4) is 0 Å². The summed E-state index contributed by atoms with van der Waals surface area (Å²) >= 11 is 0. The van der Waals surface area contributed by atoms with Crippen molar-refractivity contribution in [1.29, 1.82) is 0 Å². The number of piperidine rings is 1. The van der Waals surface area contributed by atoms with Gasteiger partial charge in [0.05, 0.1) is 4.90 Å². The van der Waals surface area contributed by atoms with Gasteiger partial charge in [-0.05, 0) is 66.9 Å². The average molecular weight is 468 g/mol. The van der Waals surface area contributed by atoms with Gasteiger partial charge in [-0.15, -0.1) is 0 Å². The molecule has 1 N–H and O–H groups in total. The predicted octanol–water partition coefficient (Wildman–Crippen LogP) is 3.05. The molecule has 0 saturated carbocycles. The summed E-state index contributed by atoms with van der Waals surface area (Å²) in [5.41, 5.74) is 1.58. The van der Waals surface area contributed by atoms with Crippen LogP contribution in [0.5, 0.6) is 0 Å². The number of benzene rings is 2. The first-order chi connectivity index (χ1) is 15.8. The summed E-state index contributed by atoms with van der Waals surface area (Å²) in [4.78, 5) is 24.6. The molecule has 1 fully saturated rings. The zero-order valence-electron chi connectivity index (χ0n) is 17.6. The zero-order chi connectivity index (χ0) is 23.2. The summed E-state index contributed by atoms with van der Waals surface area (Å²) in [6.45, 7) is 1.21. The number of fused-ring (bicyclic) bond motifs is 4. The van der Waals surface area contributed by atoms with E-state index < -0.39 is 21.7 Å². The number of carbonyl (C=O) groups is 1. The monoisotopic (exact) mass is 467 g/mol. The van der Waals surface area contributed by atoms with Gasteiger partial charge in [0.25, 0.3) is 11.5 Å². The lowest BCUT2D eigenvalue weighted by atomic mass is 9.84. The molecule has 7 nitrogen and oxygen atoms in total. The van der Waals surface area contributed by atoms with Crippen LogP contribution in [-0.4, -0.2) is 36.3 Å². The fourth-order valence-corrected chi connectivity index (χ4v) is 6.27. The molecule has 33 heavy (non-hydrogen) atoms. The summed E-state index contributed by atoms with van der Waals surface area (Å²) in [7, 11) is -3.73. The molecular formula is C24H22FN3O4S. The Morgan fingerprint density at radius 3 is 2.39 bits per heavy atom. The van der Waals surface area contributed by atoms with Crippen LogP contribution in [0.4, 0.5) is 10.1 Å². The zero-order valence-corrected chi connectivity index (χ0v) is 18.5. The third kappa shape index (κ3) is 4.09. The van der Waals surface area contributed by atoms with Gasteiger partial charge >= 0.3 is 0 Å². The van der Waals surface area contributed by atoms with Crippen molar-refractivity contribution in [2.75, 3.05) is 18.4 Å². The maximum atomic E-state index is 13.3. The van der Waals surface area contributed by atoms with Crippen LogP contribution in [0.15, 0.2) is 76.4 Å². The van der Waals surface area contributed by atoms with E-state index in [2.05, 4.69) is 5.32 Å². The van der Waals surface area contributed by atoms with Crippen LogP contribution in [0.1, 0.15) is 28.4 Å². The molecule has 9 heteroatoms. The number of nitrogens with one attached hydrogen (secondary N) is 1. The van der Waals surface area contributed by atoms with Crippen molar-refractivity contribution in [1.82, 2.24) is 8.87 Å². The van der Waals surface area contributed by atoms with Crippen molar-refractivity contribution >= 4 is 21.6 Å². The van der Waals surface area contributed by atoms with Crippen molar-refractivity contribution in [3.8, 4) is 0 Å². The molecule has 0 aliphatic carbocycles. The van der Waals surface area contributed by atoms with Gasteiger partial charge in [0.15, 0.2) is 0 Å². The summed E-state index contributed by atoms with van der Waals surface area (Å²) in [6.07, 6.45) is 0.865. The normalized spacial score (nSPS) is 20.2. The van der Waals surface area contributed by atoms with Gasteiger partial charge in [0.2, 0.25) is 10.0 Å². The first-order valence-electron chi connectivity index (χ1n) is 10.7. The molecule has 2 aliphatic rings. The second kappa shape index (κ2) is 8.24. The summed E-state index contributed by atoms with van der Waals surface area (Å²) < 4.78 is 42.9. The first kappa shape index (κ1) is 21.5. The van der Waals surface area contributed by atoms with Gasteiger partial charge in [-0.3, -0.25) is 9.59 Å². The van der Waals surface area contributed by atoms with Crippen molar-refractivity contribution in [2.45, 2.75) is 23.8 Å². The highest BCUT2D eigenvalue weighted by molar-refractivity contribution is 7.89. The molecule has 0 spiro atoms. The highest BCUT2D eigenvalue weighted by Crippen LogP contribution is 2.37. The Kier molecular flexibility index (Phi) is 5.38. The number of sulfonamides is 1. The largest absolute Gasteiger partial charge is 0.322 e. The minimum atomic E-state index is -3.73. The molecule has 2 aliphatic heterocycles. The van der Waals surface area contributed by atoms with Gasteiger partial charge in [0.1, 0.15) is 5.82 Å². The molecule has 5 rings (SSSR count). The number of aromatic nitrogens is 1. The molecule has 1 saturated heterocycles. The summed E-state index contributed by atoms with van der Waals surface area (Å²) in [6, 6.07) is 16.3. The van der Waals surface area contributed by atoms with Gasteiger partial charge in [0, 0.05) is 48.6 Å². The number of halogens is 1. The topological polar surface area (TPSA) is 88.5 Å².